The lowest BCUT2D eigenvalue weighted by Crippen LogP contribution is -2.52. The second-order valence-electron chi connectivity index (χ2n) is 3.94. The van der Waals surface area contributed by atoms with Crippen LogP contribution in [0, 0.1) is 0 Å². The molecular weight excluding hydrogens is 196 g/mol. The van der Waals surface area contributed by atoms with Gasteiger partial charge in [-0.2, -0.15) is 0 Å². The van der Waals surface area contributed by atoms with E-state index in [0.717, 1.165) is 0 Å². The summed E-state index contributed by atoms with van der Waals surface area (Å²) in [6.45, 7) is 7.42. The molecule has 6 heteroatoms. The van der Waals surface area contributed by atoms with Gasteiger partial charge in [0.25, 0.3) is 0 Å². The van der Waals surface area contributed by atoms with Gasteiger partial charge in [0.2, 0.25) is 0 Å². The van der Waals surface area contributed by atoms with Crippen molar-refractivity contribution in [2.45, 2.75) is 39.8 Å². The van der Waals surface area contributed by atoms with E-state index in [2.05, 4.69) is 0 Å². The zero-order valence-corrected chi connectivity index (χ0v) is 9.73. The number of carbonyl (C=O) groups is 2. The Hall–Kier alpha value is -1.46. The van der Waals surface area contributed by atoms with Crippen molar-refractivity contribution in [3.05, 3.63) is 0 Å². The van der Waals surface area contributed by atoms with Crippen LogP contribution in [0.4, 0.5) is 9.59 Å². The number of primary amides is 2. The van der Waals surface area contributed by atoms with Crippen molar-refractivity contribution in [1.82, 2.24) is 9.80 Å². The first-order valence-electron chi connectivity index (χ1n) is 4.89. The van der Waals surface area contributed by atoms with Crippen molar-refractivity contribution in [2.75, 3.05) is 6.67 Å². The molecule has 0 aliphatic heterocycles. The summed E-state index contributed by atoms with van der Waals surface area (Å²) in [5.41, 5.74) is 10.4. The van der Waals surface area contributed by atoms with Gasteiger partial charge < -0.3 is 21.3 Å². The second kappa shape index (κ2) is 5.43. The lowest BCUT2D eigenvalue weighted by molar-refractivity contribution is 0.123. The Labute approximate surface area is 90.2 Å². The van der Waals surface area contributed by atoms with E-state index in [1.165, 1.54) is 9.80 Å². The van der Waals surface area contributed by atoms with Crippen molar-refractivity contribution >= 4 is 12.1 Å². The van der Waals surface area contributed by atoms with Crippen LogP contribution >= 0.6 is 0 Å². The Morgan fingerprint density at radius 1 is 0.933 bits per heavy atom. The number of nitrogens with zero attached hydrogens (tertiary/aromatic N) is 2. The minimum absolute atomic E-state index is 0.0666. The maximum Gasteiger partial charge on any atom is 0.316 e. The SMILES string of the molecule is CC(C)N(CN(C(N)=O)C(C)C)C(N)=O. The molecule has 0 aromatic rings. The summed E-state index contributed by atoms with van der Waals surface area (Å²) in [4.78, 5) is 24.9. The van der Waals surface area contributed by atoms with E-state index in [1.54, 1.807) is 0 Å². The molecular formula is C9H20N4O2. The second-order valence-corrected chi connectivity index (χ2v) is 3.94. The van der Waals surface area contributed by atoms with Gasteiger partial charge in [0, 0.05) is 12.1 Å². The molecule has 88 valence electrons. The maximum atomic E-state index is 11.1. The van der Waals surface area contributed by atoms with Crippen LogP contribution < -0.4 is 11.5 Å². The molecule has 0 heterocycles. The molecule has 0 rings (SSSR count). The van der Waals surface area contributed by atoms with Gasteiger partial charge >= 0.3 is 12.1 Å². The Morgan fingerprint density at radius 2 is 1.20 bits per heavy atom. The highest BCUT2D eigenvalue weighted by Crippen LogP contribution is 2.04. The number of urea groups is 2. The van der Waals surface area contributed by atoms with E-state index in [1.807, 2.05) is 27.7 Å². The van der Waals surface area contributed by atoms with Crippen LogP contribution in [-0.4, -0.2) is 40.6 Å². The molecule has 0 spiro atoms. The standard InChI is InChI=1S/C9H20N4O2/c1-6(2)12(8(10)14)5-13(7(3)4)9(11)15/h6-7H,5H2,1-4H3,(H2,10,14)(H2,11,15). The number of carbonyl (C=O) groups excluding carboxylic acids is 2. The van der Waals surface area contributed by atoms with Gasteiger partial charge in [-0.05, 0) is 27.7 Å². The van der Waals surface area contributed by atoms with Crippen LogP contribution in [0.2, 0.25) is 0 Å². The molecule has 0 aliphatic rings. The van der Waals surface area contributed by atoms with Crippen LogP contribution in [0.3, 0.4) is 0 Å². The third kappa shape index (κ3) is 4.05. The van der Waals surface area contributed by atoms with Crippen LogP contribution in [0.25, 0.3) is 0 Å². The molecule has 0 aliphatic carbocycles. The minimum Gasteiger partial charge on any atom is -0.351 e. The summed E-state index contributed by atoms with van der Waals surface area (Å²) in [5.74, 6) is 0. The molecule has 0 atom stereocenters. The smallest absolute Gasteiger partial charge is 0.316 e. The number of amides is 4. The van der Waals surface area contributed by atoms with E-state index < -0.39 is 12.1 Å². The highest BCUT2D eigenvalue weighted by Gasteiger charge is 2.21. The summed E-state index contributed by atoms with van der Waals surface area (Å²) >= 11 is 0. The third-order valence-corrected chi connectivity index (χ3v) is 2.12. The monoisotopic (exact) mass is 216 g/mol. The molecule has 4 N–H and O–H groups in total. The fraction of sp³-hybridized carbons (Fsp3) is 0.778. The summed E-state index contributed by atoms with van der Waals surface area (Å²) in [6, 6.07) is -1.25. The first kappa shape index (κ1) is 13.5. The first-order chi connectivity index (χ1) is 6.77. The summed E-state index contributed by atoms with van der Waals surface area (Å²) in [5, 5.41) is 0. The highest BCUT2D eigenvalue weighted by molar-refractivity contribution is 5.75. The van der Waals surface area contributed by atoms with Crippen LogP contribution in [0.1, 0.15) is 27.7 Å². The molecule has 0 saturated carbocycles. The Balaban J connectivity index is 4.62. The Morgan fingerprint density at radius 3 is 1.33 bits per heavy atom. The fourth-order valence-electron chi connectivity index (χ4n) is 1.14. The average Bonchev–Trinajstić information content (AvgIpc) is 2.01. The molecule has 0 unspecified atom stereocenters. The van der Waals surface area contributed by atoms with E-state index in [0.29, 0.717) is 0 Å². The number of hydrogen-bond donors (Lipinski definition) is 2. The van der Waals surface area contributed by atoms with Gasteiger partial charge in [0.15, 0.2) is 0 Å². The van der Waals surface area contributed by atoms with Gasteiger partial charge in [-0.15, -0.1) is 0 Å². The van der Waals surface area contributed by atoms with Gasteiger partial charge in [0.05, 0.1) is 6.67 Å². The van der Waals surface area contributed by atoms with Crippen LogP contribution in [0.15, 0.2) is 0 Å². The molecule has 0 aromatic carbocycles. The van der Waals surface area contributed by atoms with Crippen LogP contribution in [0.5, 0.6) is 0 Å². The molecule has 0 bridgehead atoms. The predicted molar refractivity (Wildman–Crippen MR) is 58.0 cm³/mol. The lowest BCUT2D eigenvalue weighted by Gasteiger charge is -2.33. The largest absolute Gasteiger partial charge is 0.351 e. The minimum atomic E-state index is -0.558. The summed E-state index contributed by atoms with van der Waals surface area (Å²) < 4.78 is 0. The lowest BCUT2D eigenvalue weighted by atomic mass is 10.3. The molecule has 4 amide bonds. The van der Waals surface area contributed by atoms with E-state index in [-0.39, 0.29) is 18.8 Å². The molecule has 15 heavy (non-hydrogen) atoms. The fourth-order valence-corrected chi connectivity index (χ4v) is 1.14. The molecule has 6 nitrogen and oxygen atoms in total. The van der Waals surface area contributed by atoms with Crippen molar-refractivity contribution in [3.8, 4) is 0 Å². The number of rotatable bonds is 4. The molecule has 0 fully saturated rings. The van der Waals surface area contributed by atoms with Gasteiger partial charge in [-0.3, -0.25) is 0 Å². The van der Waals surface area contributed by atoms with Crippen molar-refractivity contribution in [3.63, 3.8) is 0 Å². The maximum absolute atomic E-state index is 11.1. The third-order valence-electron chi connectivity index (χ3n) is 2.12. The highest BCUT2D eigenvalue weighted by atomic mass is 16.2. The van der Waals surface area contributed by atoms with Gasteiger partial charge in [0.1, 0.15) is 0 Å². The van der Waals surface area contributed by atoms with Gasteiger partial charge in [-0.1, -0.05) is 0 Å². The predicted octanol–water partition coefficient (Wildman–Crippen LogP) is 0.522. The summed E-state index contributed by atoms with van der Waals surface area (Å²) in [7, 11) is 0. The van der Waals surface area contributed by atoms with Gasteiger partial charge in [-0.25, -0.2) is 9.59 Å². The molecule has 0 radical (unpaired) electrons. The Bertz CT molecular complexity index is 216. The van der Waals surface area contributed by atoms with Crippen molar-refractivity contribution < 1.29 is 9.59 Å². The molecule has 0 aromatic heterocycles. The Kier molecular flexibility index (Phi) is 4.90. The van der Waals surface area contributed by atoms with E-state index in [4.69, 9.17) is 11.5 Å². The normalized spacial score (nSPS) is 10.5. The average molecular weight is 216 g/mol. The summed E-state index contributed by atoms with van der Waals surface area (Å²) in [6.07, 6.45) is 0. The van der Waals surface area contributed by atoms with E-state index >= 15 is 0 Å². The zero-order chi connectivity index (χ0) is 12.2. The van der Waals surface area contributed by atoms with Crippen LogP contribution in [-0.2, 0) is 0 Å². The van der Waals surface area contributed by atoms with Crippen molar-refractivity contribution in [1.29, 1.82) is 0 Å². The van der Waals surface area contributed by atoms with E-state index in [9.17, 15) is 9.59 Å². The molecule has 0 saturated heterocycles. The number of hydrogen-bond acceptors (Lipinski definition) is 2. The van der Waals surface area contributed by atoms with Crippen molar-refractivity contribution in [2.24, 2.45) is 11.5 Å². The quantitative estimate of drug-likeness (QED) is 0.670. The topological polar surface area (TPSA) is 92.7 Å². The first-order valence-corrected chi connectivity index (χ1v) is 4.89. The zero-order valence-electron chi connectivity index (χ0n) is 9.73. The number of nitrogens with two attached hydrogens (primary N) is 2.